The van der Waals surface area contributed by atoms with Crippen molar-refractivity contribution in [2.75, 3.05) is 14.3 Å². The van der Waals surface area contributed by atoms with E-state index in [2.05, 4.69) is 10.0 Å². The normalized spacial score (nSPS) is 11.5. The Morgan fingerprint density at radius 3 is 1.98 bits per heavy atom. The zero-order valence-electron chi connectivity index (χ0n) is 24.1. The van der Waals surface area contributed by atoms with Gasteiger partial charge >= 0.3 is 0 Å². The summed E-state index contributed by atoms with van der Waals surface area (Å²) in [6.07, 6.45) is 0. The molecule has 0 aliphatic heterocycles. The van der Waals surface area contributed by atoms with Gasteiger partial charge < -0.3 is 5.32 Å². The monoisotopic (exact) mass is 625 g/mol. The predicted molar refractivity (Wildman–Crippen MR) is 174 cm³/mol. The van der Waals surface area contributed by atoms with Crippen LogP contribution in [0.1, 0.15) is 27.0 Å². The Balaban J connectivity index is 1.43. The molecule has 0 fully saturated rings. The predicted octanol–water partition coefficient (Wildman–Crippen LogP) is 6.75. The molecule has 0 bridgehead atoms. The molecule has 0 atom stereocenters. The second-order valence-electron chi connectivity index (χ2n) is 10.2. The summed E-state index contributed by atoms with van der Waals surface area (Å²) in [6, 6.07) is 34.9. The highest BCUT2D eigenvalue weighted by molar-refractivity contribution is 7.93. The number of sulfonamides is 2. The van der Waals surface area contributed by atoms with Gasteiger partial charge in [0.25, 0.3) is 26.0 Å². The van der Waals surface area contributed by atoms with Crippen molar-refractivity contribution in [3.63, 3.8) is 0 Å². The third-order valence-electron chi connectivity index (χ3n) is 6.98. The Morgan fingerprint density at radius 1 is 0.682 bits per heavy atom. The van der Waals surface area contributed by atoms with Gasteiger partial charge in [0.2, 0.25) is 0 Å². The van der Waals surface area contributed by atoms with Crippen LogP contribution in [0.4, 0.5) is 17.1 Å². The minimum absolute atomic E-state index is 0.00231. The molecule has 224 valence electrons. The molecule has 0 saturated heterocycles. The molecular weight excluding hydrogens is 595 g/mol. The lowest BCUT2D eigenvalue weighted by molar-refractivity contribution is 0.102. The van der Waals surface area contributed by atoms with Gasteiger partial charge in [0.1, 0.15) is 0 Å². The van der Waals surface area contributed by atoms with Gasteiger partial charge in [-0.1, -0.05) is 72.8 Å². The summed E-state index contributed by atoms with van der Waals surface area (Å²) >= 11 is 0. The topological polar surface area (TPSA) is 113 Å². The Kier molecular flexibility index (Phi) is 8.84. The molecule has 0 unspecified atom stereocenters. The third kappa shape index (κ3) is 6.82. The van der Waals surface area contributed by atoms with Gasteiger partial charge in [-0.2, -0.15) is 0 Å². The zero-order chi connectivity index (χ0) is 31.3. The van der Waals surface area contributed by atoms with E-state index in [1.165, 1.54) is 40.7 Å². The summed E-state index contributed by atoms with van der Waals surface area (Å²) in [4.78, 5) is 13.7. The number of rotatable bonds is 10. The van der Waals surface area contributed by atoms with Crippen LogP contribution in [0.3, 0.4) is 0 Å². The SMILES string of the molecule is Cc1ccc(C)c(NS(=O)(=O)c2ccc(NC(=O)c3ccccc3N(Cc3ccccc3)S(=O)(=O)c3ccccc3)cc2)c1. The smallest absolute Gasteiger partial charge is 0.264 e. The third-order valence-corrected chi connectivity index (χ3v) is 10.1. The van der Waals surface area contributed by atoms with E-state index in [0.717, 1.165) is 16.7 Å². The Bertz CT molecular complexity index is 2000. The quantitative estimate of drug-likeness (QED) is 0.178. The number of aryl methyl sites for hydroxylation is 2. The Labute approximate surface area is 258 Å². The molecule has 5 aromatic carbocycles. The van der Waals surface area contributed by atoms with Crippen molar-refractivity contribution in [2.24, 2.45) is 0 Å². The highest BCUT2D eigenvalue weighted by Gasteiger charge is 2.28. The maximum atomic E-state index is 13.9. The molecule has 0 aliphatic rings. The molecule has 5 aromatic rings. The van der Waals surface area contributed by atoms with E-state index in [1.807, 2.05) is 56.3 Å². The number of amides is 1. The molecule has 0 spiro atoms. The van der Waals surface area contributed by atoms with Crippen molar-refractivity contribution in [3.05, 3.63) is 150 Å². The first-order valence-corrected chi connectivity index (χ1v) is 16.7. The van der Waals surface area contributed by atoms with Gasteiger partial charge in [0.15, 0.2) is 0 Å². The van der Waals surface area contributed by atoms with Crippen molar-refractivity contribution in [1.29, 1.82) is 0 Å². The number of para-hydroxylation sites is 1. The standard InChI is InChI=1S/C34H31N3O5S2/c1-25-17-18-26(2)32(23-25)36-43(39,40)29-21-19-28(20-22-29)35-34(38)31-15-9-10-16-33(31)37(24-27-11-5-3-6-12-27)44(41,42)30-13-7-4-8-14-30/h3-23,36H,24H2,1-2H3,(H,35,38). The average Bonchev–Trinajstić information content (AvgIpc) is 3.02. The van der Waals surface area contributed by atoms with Gasteiger partial charge in [-0.25, -0.2) is 16.8 Å². The molecular formula is C34H31N3O5S2. The van der Waals surface area contributed by atoms with Gasteiger partial charge in [0.05, 0.1) is 33.3 Å². The summed E-state index contributed by atoms with van der Waals surface area (Å²) < 4.78 is 57.7. The molecule has 0 heterocycles. The molecule has 44 heavy (non-hydrogen) atoms. The Morgan fingerprint density at radius 2 is 1.30 bits per heavy atom. The van der Waals surface area contributed by atoms with Crippen LogP contribution >= 0.6 is 0 Å². The number of anilines is 3. The molecule has 2 N–H and O–H groups in total. The number of carbonyl (C=O) groups excluding carboxylic acids is 1. The second-order valence-corrected chi connectivity index (χ2v) is 13.8. The van der Waals surface area contributed by atoms with Crippen molar-refractivity contribution < 1.29 is 21.6 Å². The number of carbonyl (C=O) groups is 1. The van der Waals surface area contributed by atoms with E-state index in [9.17, 15) is 21.6 Å². The number of nitrogens with zero attached hydrogens (tertiary/aromatic N) is 1. The lowest BCUT2D eigenvalue weighted by Gasteiger charge is -2.26. The fourth-order valence-corrected chi connectivity index (χ4v) is 7.23. The number of nitrogens with one attached hydrogen (secondary N) is 2. The summed E-state index contributed by atoms with van der Waals surface area (Å²) in [5, 5.41) is 2.78. The fraction of sp³-hybridized carbons (Fsp3) is 0.0882. The largest absolute Gasteiger partial charge is 0.322 e. The molecule has 5 rings (SSSR count). The van der Waals surface area contributed by atoms with Gasteiger partial charge in [-0.3, -0.25) is 13.8 Å². The van der Waals surface area contributed by atoms with Crippen molar-refractivity contribution in [1.82, 2.24) is 0 Å². The number of benzene rings is 5. The lowest BCUT2D eigenvalue weighted by atomic mass is 10.1. The van der Waals surface area contributed by atoms with E-state index in [4.69, 9.17) is 0 Å². The second kappa shape index (κ2) is 12.7. The number of hydrogen-bond acceptors (Lipinski definition) is 5. The first-order chi connectivity index (χ1) is 21.0. The summed E-state index contributed by atoms with van der Waals surface area (Å²) in [5.74, 6) is -0.550. The van der Waals surface area contributed by atoms with Crippen LogP contribution in [0.25, 0.3) is 0 Å². The maximum absolute atomic E-state index is 13.9. The fourth-order valence-electron chi connectivity index (χ4n) is 4.62. The van der Waals surface area contributed by atoms with Crippen LogP contribution in [-0.4, -0.2) is 22.7 Å². The number of hydrogen-bond donors (Lipinski definition) is 2. The molecule has 0 aromatic heterocycles. The van der Waals surface area contributed by atoms with Crippen LogP contribution in [-0.2, 0) is 26.6 Å². The van der Waals surface area contributed by atoms with Crippen LogP contribution in [0.2, 0.25) is 0 Å². The van der Waals surface area contributed by atoms with Crippen LogP contribution in [0.5, 0.6) is 0 Å². The summed E-state index contributed by atoms with van der Waals surface area (Å²) in [5.41, 5.74) is 3.63. The molecule has 0 radical (unpaired) electrons. The van der Waals surface area contributed by atoms with E-state index in [1.54, 1.807) is 48.5 Å². The van der Waals surface area contributed by atoms with Crippen molar-refractivity contribution >= 4 is 43.0 Å². The van der Waals surface area contributed by atoms with Crippen LogP contribution in [0.15, 0.2) is 137 Å². The van der Waals surface area contributed by atoms with E-state index < -0.39 is 26.0 Å². The van der Waals surface area contributed by atoms with Gasteiger partial charge in [-0.15, -0.1) is 0 Å². The Hall–Kier alpha value is -4.93. The lowest BCUT2D eigenvalue weighted by Crippen LogP contribution is -2.32. The highest BCUT2D eigenvalue weighted by atomic mass is 32.2. The first kappa shape index (κ1) is 30.5. The van der Waals surface area contributed by atoms with Crippen molar-refractivity contribution in [3.8, 4) is 0 Å². The first-order valence-electron chi connectivity index (χ1n) is 13.8. The van der Waals surface area contributed by atoms with Gasteiger partial charge in [-0.05, 0) is 85.1 Å². The van der Waals surface area contributed by atoms with Crippen LogP contribution in [0, 0.1) is 13.8 Å². The zero-order valence-corrected chi connectivity index (χ0v) is 25.8. The summed E-state index contributed by atoms with van der Waals surface area (Å²) in [7, 11) is -7.93. The van der Waals surface area contributed by atoms with Crippen LogP contribution < -0.4 is 14.3 Å². The van der Waals surface area contributed by atoms with E-state index in [0.29, 0.717) is 11.4 Å². The van der Waals surface area contributed by atoms with Crippen molar-refractivity contribution in [2.45, 2.75) is 30.2 Å². The van der Waals surface area contributed by atoms with E-state index >= 15 is 0 Å². The molecule has 0 saturated carbocycles. The minimum atomic E-state index is -4.06. The summed E-state index contributed by atoms with van der Waals surface area (Å²) in [6.45, 7) is 3.70. The minimum Gasteiger partial charge on any atom is -0.322 e. The maximum Gasteiger partial charge on any atom is 0.264 e. The average molecular weight is 626 g/mol. The molecule has 1 amide bonds. The van der Waals surface area contributed by atoms with Gasteiger partial charge in [0, 0.05) is 5.69 Å². The molecule has 0 aliphatic carbocycles. The van der Waals surface area contributed by atoms with E-state index in [-0.39, 0.29) is 27.6 Å². The highest BCUT2D eigenvalue weighted by Crippen LogP contribution is 2.30. The molecule has 8 nitrogen and oxygen atoms in total. The molecule has 10 heteroatoms.